The molecule has 0 unspecified atom stereocenters. The summed E-state index contributed by atoms with van der Waals surface area (Å²) in [5, 5.41) is 7.27. The molecule has 1 aliphatic rings. The van der Waals surface area contributed by atoms with Crippen molar-refractivity contribution in [1.82, 2.24) is 15.3 Å². The molecule has 1 aliphatic heterocycles. The molecule has 0 saturated heterocycles. The third-order valence-electron chi connectivity index (χ3n) is 6.32. The smallest absolute Gasteiger partial charge is 0.258 e. The Kier molecular flexibility index (Phi) is 7.59. The Bertz CT molecular complexity index is 1650. The molecule has 0 fully saturated rings. The third kappa shape index (κ3) is 5.78. The summed E-state index contributed by atoms with van der Waals surface area (Å²) >= 11 is 0. The maximum absolute atomic E-state index is 12.5. The van der Waals surface area contributed by atoms with Crippen LogP contribution in [0.3, 0.4) is 0 Å². The monoisotopic (exact) mass is 515 g/mol. The van der Waals surface area contributed by atoms with Crippen molar-refractivity contribution in [3.63, 3.8) is 0 Å². The molecule has 0 spiro atoms. The minimum atomic E-state index is -0.203. The van der Waals surface area contributed by atoms with E-state index in [9.17, 15) is 4.79 Å². The van der Waals surface area contributed by atoms with Crippen molar-refractivity contribution in [2.45, 2.75) is 20.5 Å². The lowest BCUT2D eigenvalue weighted by Crippen LogP contribution is -2.28. The van der Waals surface area contributed by atoms with Gasteiger partial charge < -0.3 is 15.4 Å². The molecule has 6 rings (SSSR count). The van der Waals surface area contributed by atoms with Crippen LogP contribution < -0.4 is 15.4 Å². The second-order valence-corrected chi connectivity index (χ2v) is 8.97. The van der Waals surface area contributed by atoms with Crippen molar-refractivity contribution in [1.29, 1.82) is 0 Å². The van der Waals surface area contributed by atoms with Crippen molar-refractivity contribution in [3.8, 4) is 17.1 Å². The Labute approximate surface area is 227 Å². The number of carbonyl (C=O) groups is 1. The fourth-order valence-corrected chi connectivity index (χ4v) is 4.38. The van der Waals surface area contributed by atoms with E-state index in [-0.39, 0.29) is 19.9 Å². The van der Waals surface area contributed by atoms with Crippen molar-refractivity contribution in [2.24, 2.45) is 4.99 Å². The molecule has 0 aliphatic carbocycles. The topological polar surface area (TPSA) is 88.5 Å². The molecule has 0 radical (unpaired) electrons. The molecule has 39 heavy (non-hydrogen) atoms. The third-order valence-corrected chi connectivity index (χ3v) is 6.32. The van der Waals surface area contributed by atoms with Crippen molar-refractivity contribution < 1.29 is 9.53 Å². The van der Waals surface area contributed by atoms with Crippen LogP contribution in [0.25, 0.3) is 22.3 Å². The second-order valence-electron chi connectivity index (χ2n) is 8.97. The largest absolute Gasteiger partial charge is 0.483 e. The number of nitrogens with zero attached hydrogens (tertiary/aromatic N) is 3. The maximum Gasteiger partial charge on any atom is 0.258 e. The van der Waals surface area contributed by atoms with Crippen LogP contribution >= 0.6 is 0 Å². The Balaban J connectivity index is 0.00000308. The summed E-state index contributed by atoms with van der Waals surface area (Å²) in [7, 11) is 0. The van der Waals surface area contributed by atoms with Crippen molar-refractivity contribution in [2.75, 3.05) is 11.9 Å². The predicted octanol–water partition coefficient (Wildman–Crippen LogP) is 6.30. The number of hydrogen-bond donors (Lipinski definition) is 2. The highest BCUT2D eigenvalue weighted by Gasteiger charge is 2.15. The number of hydrogen-bond acceptors (Lipinski definition) is 6. The minimum Gasteiger partial charge on any atom is -0.483 e. The molecule has 1 aromatic heterocycles. The first-order valence-electron chi connectivity index (χ1n) is 12.4. The number of amides is 1. The molecular formula is C32H29N5O2. The van der Waals surface area contributed by atoms with Gasteiger partial charge in [-0.05, 0) is 53.1 Å². The van der Waals surface area contributed by atoms with E-state index in [2.05, 4.69) is 27.8 Å². The molecule has 2 heterocycles. The zero-order chi connectivity index (χ0) is 25.7. The number of anilines is 2. The molecule has 5 aromatic rings. The number of ether oxygens (including phenoxy) is 1. The van der Waals surface area contributed by atoms with E-state index in [0.29, 0.717) is 29.5 Å². The number of carbonyl (C=O) groups excluding carboxylic acids is 1. The van der Waals surface area contributed by atoms with Crippen molar-refractivity contribution >= 4 is 34.5 Å². The number of aromatic nitrogens is 2. The van der Waals surface area contributed by atoms with Gasteiger partial charge in [-0.1, -0.05) is 68.1 Å². The van der Waals surface area contributed by atoms with E-state index in [4.69, 9.17) is 14.7 Å². The molecule has 0 bridgehead atoms. The first kappa shape index (κ1) is 25.6. The van der Waals surface area contributed by atoms with E-state index < -0.39 is 0 Å². The zero-order valence-corrected chi connectivity index (χ0v) is 20.6. The maximum atomic E-state index is 12.5. The quantitative estimate of drug-likeness (QED) is 0.253. The Morgan fingerprint density at radius 3 is 2.56 bits per heavy atom. The number of para-hydroxylation sites is 2. The van der Waals surface area contributed by atoms with Gasteiger partial charge in [0, 0.05) is 23.8 Å². The summed E-state index contributed by atoms with van der Waals surface area (Å²) in [5.74, 6) is 1.54. The highest BCUT2D eigenvalue weighted by molar-refractivity contribution is 5.93. The number of aliphatic imine (C=N–C) groups is 1. The van der Waals surface area contributed by atoms with Gasteiger partial charge in [0.1, 0.15) is 11.6 Å². The Hall–Kier alpha value is -5.04. The van der Waals surface area contributed by atoms with Gasteiger partial charge in [0.2, 0.25) is 0 Å². The fourth-order valence-electron chi connectivity index (χ4n) is 4.38. The molecule has 7 heteroatoms. The summed E-state index contributed by atoms with van der Waals surface area (Å²) in [6, 6.07) is 31.3. The second kappa shape index (κ2) is 11.6. The molecule has 0 saturated carbocycles. The van der Waals surface area contributed by atoms with E-state index in [1.54, 1.807) is 0 Å². The van der Waals surface area contributed by atoms with Gasteiger partial charge in [-0.15, -0.1) is 0 Å². The van der Waals surface area contributed by atoms with Crippen LogP contribution in [0.1, 0.15) is 24.1 Å². The summed E-state index contributed by atoms with van der Waals surface area (Å²) in [4.78, 5) is 26.5. The number of nitrogens with one attached hydrogen (secondary N) is 2. The fraction of sp³-hybridized carbons (Fsp3) is 0.125. The number of benzene rings is 4. The van der Waals surface area contributed by atoms with E-state index in [1.165, 1.54) is 5.56 Å². The van der Waals surface area contributed by atoms with Gasteiger partial charge in [-0.3, -0.25) is 9.79 Å². The normalized spacial score (nSPS) is 11.5. The highest BCUT2D eigenvalue weighted by Crippen LogP contribution is 2.32. The van der Waals surface area contributed by atoms with Crippen LogP contribution in [0.5, 0.6) is 5.75 Å². The Morgan fingerprint density at radius 1 is 0.872 bits per heavy atom. The highest BCUT2D eigenvalue weighted by atomic mass is 16.5. The zero-order valence-electron chi connectivity index (χ0n) is 20.6. The first-order chi connectivity index (χ1) is 18.7. The van der Waals surface area contributed by atoms with E-state index in [0.717, 1.165) is 34.3 Å². The summed E-state index contributed by atoms with van der Waals surface area (Å²) < 4.78 is 5.94. The van der Waals surface area contributed by atoms with Gasteiger partial charge >= 0.3 is 0 Å². The standard InChI is InChI=1S/C31H25N5O2.CH4/c37-29(33-17-21-8-2-1-3-9-21)20-38-28-13-7-5-11-26(28)31-35-27-12-6-4-10-25(27)30(36-31)34-24-15-14-22-18-32-19-23(22)16-24;/h1-16,19H,17-18,20H2,(H,33,37)(H,34,35,36);1H4. The van der Waals surface area contributed by atoms with Gasteiger partial charge in [0.25, 0.3) is 5.91 Å². The summed E-state index contributed by atoms with van der Waals surface area (Å²) in [6.07, 6.45) is 1.90. The lowest BCUT2D eigenvalue weighted by Gasteiger charge is -2.14. The predicted molar refractivity (Wildman–Crippen MR) is 157 cm³/mol. The van der Waals surface area contributed by atoms with Crippen LogP contribution in [0, 0.1) is 0 Å². The van der Waals surface area contributed by atoms with E-state index >= 15 is 0 Å². The van der Waals surface area contributed by atoms with Gasteiger partial charge in [-0.2, -0.15) is 0 Å². The van der Waals surface area contributed by atoms with Gasteiger partial charge in [0.05, 0.1) is 17.6 Å². The van der Waals surface area contributed by atoms with Crippen molar-refractivity contribution in [3.05, 3.63) is 114 Å². The minimum absolute atomic E-state index is 0. The lowest BCUT2D eigenvalue weighted by atomic mass is 10.1. The van der Waals surface area contributed by atoms with Crippen LogP contribution in [0.15, 0.2) is 102 Å². The van der Waals surface area contributed by atoms with Crippen LogP contribution in [-0.4, -0.2) is 28.7 Å². The molecule has 4 aromatic carbocycles. The molecule has 2 N–H and O–H groups in total. The molecule has 0 atom stereocenters. The number of rotatable bonds is 8. The van der Waals surface area contributed by atoms with Gasteiger partial charge in [0.15, 0.2) is 12.4 Å². The SMILES string of the molecule is C.O=C(COc1ccccc1-c1nc(Nc2ccc3c(c2)C=NC3)c2ccccc2n1)NCc1ccccc1. The van der Waals surface area contributed by atoms with E-state index in [1.807, 2.05) is 91.1 Å². The van der Waals surface area contributed by atoms with Crippen LogP contribution in [0.4, 0.5) is 11.5 Å². The van der Waals surface area contributed by atoms with Crippen LogP contribution in [0.2, 0.25) is 0 Å². The average molecular weight is 516 g/mol. The summed E-state index contributed by atoms with van der Waals surface area (Å²) in [5.41, 5.74) is 5.78. The molecule has 194 valence electrons. The Morgan fingerprint density at radius 2 is 1.67 bits per heavy atom. The molecular weight excluding hydrogens is 486 g/mol. The molecule has 7 nitrogen and oxygen atoms in total. The lowest BCUT2D eigenvalue weighted by molar-refractivity contribution is -0.123. The average Bonchev–Trinajstić information content (AvgIpc) is 3.44. The molecule has 1 amide bonds. The van der Waals surface area contributed by atoms with Crippen LogP contribution in [-0.2, 0) is 17.9 Å². The first-order valence-corrected chi connectivity index (χ1v) is 12.4. The summed E-state index contributed by atoms with van der Waals surface area (Å²) in [6.45, 7) is 1.05. The van der Waals surface area contributed by atoms with Gasteiger partial charge in [-0.25, -0.2) is 9.97 Å². The number of fused-ring (bicyclic) bond motifs is 2.